The van der Waals surface area contributed by atoms with Gasteiger partial charge in [-0.3, -0.25) is 0 Å². The summed E-state index contributed by atoms with van der Waals surface area (Å²) in [5.41, 5.74) is 3.31. The number of aryl methyl sites for hydroxylation is 1. The quantitative estimate of drug-likeness (QED) is 0.822. The van der Waals surface area contributed by atoms with Crippen molar-refractivity contribution in [2.24, 2.45) is 5.92 Å². The molecule has 1 atom stereocenters. The predicted octanol–water partition coefficient (Wildman–Crippen LogP) is 4.31. The van der Waals surface area contributed by atoms with Crippen molar-refractivity contribution < 1.29 is 17.9 Å². The maximum absolute atomic E-state index is 12.9. The molecule has 2 fully saturated rings. The second kappa shape index (κ2) is 6.99. The zero-order chi connectivity index (χ0) is 20.1. The third kappa shape index (κ3) is 3.89. The van der Waals surface area contributed by atoms with Crippen LogP contribution in [0.25, 0.3) is 5.65 Å². The number of nitrogens with zero attached hydrogens (tertiary/aromatic N) is 3. The number of morpholine rings is 1. The van der Waals surface area contributed by atoms with Gasteiger partial charge in [0, 0.05) is 29.8 Å². The average Bonchev–Trinajstić information content (AvgIpc) is 3.04. The second-order valence-electron chi connectivity index (χ2n) is 8.82. The Morgan fingerprint density at radius 1 is 1.18 bits per heavy atom. The highest BCUT2D eigenvalue weighted by molar-refractivity contribution is 5.43. The monoisotopic (exact) mass is 396 g/mol. The van der Waals surface area contributed by atoms with Crippen LogP contribution in [-0.2, 0) is 4.74 Å². The lowest BCUT2D eigenvalue weighted by Crippen LogP contribution is -2.50. The third-order valence-corrected chi connectivity index (χ3v) is 5.95. The fourth-order valence-electron chi connectivity index (χ4n) is 4.27. The maximum Gasteiger partial charge on any atom is 0.391 e. The summed E-state index contributed by atoms with van der Waals surface area (Å²) >= 11 is 0. The van der Waals surface area contributed by atoms with E-state index in [4.69, 9.17) is 9.84 Å². The lowest BCUT2D eigenvalue weighted by Gasteiger charge is -2.36. The fourth-order valence-corrected chi connectivity index (χ4v) is 4.27. The van der Waals surface area contributed by atoms with E-state index in [1.54, 1.807) is 0 Å². The van der Waals surface area contributed by atoms with E-state index < -0.39 is 12.1 Å². The Hall–Kier alpha value is -1.67. The summed E-state index contributed by atoms with van der Waals surface area (Å²) in [6.07, 6.45) is -2.85. The standard InChI is InChI=1S/C20H27F3N4O/c1-12-8-16(17-10-24-19(2,3)11-28-17)27-18(25-12)9-15(26-27)13-4-6-14(7-5-13)20(21,22)23/h8-9,13-14,17,24H,4-7,10-11H2,1-3H3/t13?,14?,17-/m0/s1. The van der Waals surface area contributed by atoms with Crippen LogP contribution in [-0.4, -0.2) is 39.5 Å². The molecule has 2 aromatic heterocycles. The Morgan fingerprint density at radius 2 is 1.89 bits per heavy atom. The molecular formula is C20H27F3N4O. The smallest absolute Gasteiger partial charge is 0.369 e. The van der Waals surface area contributed by atoms with E-state index in [1.807, 2.05) is 23.6 Å². The Balaban J connectivity index is 1.58. The van der Waals surface area contributed by atoms with Gasteiger partial charge in [-0.15, -0.1) is 0 Å². The minimum absolute atomic E-state index is 0.0535. The van der Waals surface area contributed by atoms with Crippen molar-refractivity contribution in [3.8, 4) is 0 Å². The Kier molecular flexibility index (Phi) is 4.90. The van der Waals surface area contributed by atoms with Gasteiger partial charge in [-0.25, -0.2) is 9.50 Å². The van der Waals surface area contributed by atoms with Crippen molar-refractivity contribution in [2.45, 2.75) is 70.2 Å². The van der Waals surface area contributed by atoms with Gasteiger partial charge in [0.2, 0.25) is 0 Å². The summed E-state index contributed by atoms with van der Waals surface area (Å²) in [4.78, 5) is 4.57. The van der Waals surface area contributed by atoms with Crippen molar-refractivity contribution in [2.75, 3.05) is 13.2 Å². The average molecular weight is 396 g/mol. The molecule has 0 spiro atoms. The van der Waals surface area contributed by atoms with Crippen molar-refractivity contribution in [1.82, 2.24) is 19.9 Å². The topological polar surface area (TPSA) is 51.5 Å². The highest BCUT2D eigenvalue weighted by Crippen LogP contribution is 2.42. The van der Waals surface area contributed by atoms with E-state index in [-0.39, 0.29) is 30.4 Å². The predicted molar refractivity (Wildman–Crippen MR) is 99.3 cm³/mol. The normalized spacial score (nSPS) is 28.6. The van der Waals surface area contributed by atoms with E-state index >= 15 is 0 Å². The molecule has 1 aliphatic heterocycles. The SMILES string of the molecule is Cc1cc([C@@H]2CNC(C)(C)CO2)n2nc(C3CCC(C(F)(F)F)CC3)cc2n1. The highest BCUT2D eigenvalue weighted by Gasteiger charge is 2.42. The summed E-state index contributed by atoms with van der Waals surface area (Å²) in [6, 6.07) is 3.91. The minimum Gasteiger partial charge on any atom is -0.369 e. The number of rotatable bonds is 2. The van der Waals surface area contributed by atoms with Crippen LogP contribution in [0.5, 0.6) is 0 Å². The van der Waals surface area contributed by atoms with Crippen LogP contribution in [0.3, 0.4) is 0 Å². The summed E-state index contributed by atoms with van der Waals surface area (Å²) in [7, 11) is 0. The molecule has 0 amide bonds. The van der Waals surface area contributed by atoms with Gasteiger partial charge in [0.05, 0.1) is 23.9 Å². The van der Waals surface area contributed by atoms with Gasteiger partial charge >= 0.3 is 6.18 Å². The number of halogens is 3. The molecule has 1 N–H and O–H groups in total. The van der Waals surface area contributed by atoms with Gasteiger partial charge in [0.15, 0.2) is 5.65 Å². The molecule has 28 heavy (non-hydrogen) atoms. The Bertz CT molecular complexity index is 843. The molecule has 1 saturated carbocycles. The van der Waals surface area contributed by atoms with Crippen molar-refractivity contribution in [3.63, 3.8) is 0 Å². The van der Waals surface area contributed by atoms with E-state index in [0.29, 0.717) is 26.0 Å². The number of aromatic nitrogens is 3. The van der Waals surface area contributed by atoms with Crippen LogP contribution in [0.4, 0.5) is 13.2 Å². The van der Waals surface area contributed by atoms with Crippen LogP contribution in [0, 0.1) is 12.8 Å². The molecular weight excluding hydrogens is 369 g/mol. The van der Waals surface area contributed by atoms with Crippen LogP contribution in [0.15, 0.2) is 12.1 Å². The highest BCUT2D eigenvalue weighted by atomic mass is 19.4. The van der Waals surface area contributed by atoms with E-state index in [1.165, 1.54) is 0 Å². The van der Waals surface area contributed by atoms with Crippen molar-refractivity contribution in [3.05, 3.63) is 29.2 Å². The second-order valence-corrected chi connectivity index (χ2v) is 8.82. The van der Waals surface area contributed by atoms with Gasteiger partial charge in [-0.1, -0.05) is 0 Å². The maximum atomic E-state index is 12.9. The lowest BCUT2D eigenvalue weighted by atomic mass is 9.80. The molecule has 5 nitrogen and oxygen atoms in total. The molecule has 0 radical (unpaired) electrons. The summed E-state index contributed by atoms with van der Waals surface area (Å²) < 4.78 is 46.7. The van der Waals surface area contributed by atoms with Crippen molar-refractivity contribution in [1.29, 1.82) is 0 Å². The first kappa shape index (κ1) is 19.6. The fraction of sp³-hybridized carbons (Fsp3) is 0.700. The van der Waals surface area contributed by atoms with Crippen LogP contribution >= 0.6 is 0 Å². The van der Waals surface area contributed by atoms with Crippen molar-refractivity contribution >= 4 is 5.65 Å². The number of fused-ring (bicyclic) bond motifs is 1. The molecule has 0 aromatic carbocycles. The first-order chi connectivity index (χ1) is 13.1. The number of hydrogen-bond acceptors (Lipinski definition) is 4. The molecule has 1 aliphatic carbocycles. The molecule has 1 saturated heterocycles. The van der Waals surface area contributed by atoms with Crippen LogP contribution in [0.1, 0.15) is 68.6 Å². The van der Waals surface area contributed by atoms with E-state index in [0.717, 1.165) is 22.7 Å². The molecule has 0 bridgehead atoms. The van der Waals surface area contributed by atoms with Crippen LogP contribution < -0.4 is 5.32 Å². The number of nitrogens with one attached hydrogen (secondary N) is 1. The molecule has 8 heteroatoms. The van der Waals surface area contributed by atoms with E-state index in [2.05, 4.69) is 24.1 Å². The Labute approximate surface area is 162 Å². The van der Waals surface area contributed by atoms with E-state index in [9.17, 15) is 13.2 Å². The zero-order valence-corrected chi connectivity index (χ0v) is 16.5. The molecule has 154 valence electrons. The minimum atomic E-state index is -4.09. The van der Waals surface area contributed by atoms with Gasteiger partial charge in [0.1, 0.15) is 6.10 Å². The third-order valence-electron chi connectivity index (χ3n) is 5.95. The summed E-state index contributed by atoms with van der Waals surface area (Å²) in [6.45, 7) is 7.40. The first-order valence-corrected chi connectivity index (χ1v) is 9.93. The van der Waals surface area contributed by atoms with Gasteiger partial charge < -0.3 is 10.1 Å². The number of ether oxygens (including phenoxy) is 1. The number of alkyl halides is 3. The number of hydrogen-bond donors (Lipinski definition) is 1. The largest absolute Gasteiger partial charge is 0.391 e. The Morgan fingerprint density at radius 3 is 2.50 bits per heavy atom. The summed E-state index contributed by atoms with van der Waals surface area (Å²) in [5.74, 6) is -1.13. The summed E-state index contributed by atoms with van der Waals surface area (Å²) in [5, 5.41) is 8.23. The molecule has 3 heterocycles. The molecule has 2 aliphatic rings. The van der Waals surface area contributed by atoms with Gasteiger partial charge in [0.25, 0.3) is 0 Å². The first-order valence-electron chi connectivity index (χ1n) is 9.93. The molecule has 2 aromatic rings. The molecule has 4 rings (SSSR count). The lowest BCUT2D eigenvalue weighted by molar-refractivity contribution is -0.182. The van der Waals surface area contributed by atoms with Gasteiger partial charge in [-0.2, -0.15) is 18.3 Å². The molecule has 0 unspecified atom stereocenters. The zero-order valence-electron chi connectivity index (χ0n) is 16.5. The van der Waals surface area contributed by atoms with Gasteiger partial charge in [-0.05, 0) is 52.5 Å². The van der Waals surface area contributed by atoms with Crippen LogP contribution in [0.2, 0.25) is 0 Å².